The Morgan fingerprint density at radius 1 is 0.647 bits per heavy atom. The van der Waals surface area contributed by atoms with Crippen LogP contribution in [0.4, 0.5) is 0 Å². The van der Waals surface area contributed by atoms with Gasteiger partial charge in [-0.05, 0) is 0 Å². The molecule has 0 radical (unpaired) electrons. The monoisotopic (exact) mass is 282 g/mol. The highest BCUT2D eigenvalue weighted by Crippen LogP contribution is 2.41. The van der Waals surface area contributed by atoms with Crippen LogP contribution < -0.4 is 0 Å². The summed E-state index contributed by atoms with van der Waals surface area (Å²) in [7, 11) is -0.991. The van der Waals surface area contributed by atoms with E-state index in [1.165, 1.54) is 0 Å². The molecular weight excluding hydrogens is 249 g/mol. The van der Waals surface area contributed by atoms with Crippen LogP contribution in [-0.2, 0) is 0 Å². The summed E-state index contributed by atoms with van der Waals surface area (Å²) in [5.74, 6) is 0. The molecular formula is C14H34MgSi2. The van der Waals surface area contributed by atoms with Gasteiger partial charge in [0.2, 0.25) is 0 Å². The van der Waals surface area contributed by atoms with Crippen molar-refractivity contribution < 1.29 is 0 Å². The lowest BCUT2D eigenvalue weighted by Crippen LogP contribution is -2.40. The number of hydrogen-bond donors (Lipinski definition) is 0. The van der Waals surface area contributed by atoms with Crippen LogP contribution in [0.2, 0.25) is 33.5 Å². The van der Waals surface area contributed by atoms with Crippen LogP contribution in [0.1, 0.15) is 41.5 Å². The Hall–Kier alpha value is 1.20. The predicted molar refractivity (Wildman–Crippen MR) is 89.9 cm³/mol. The zero-order valence-corrected chi connectivity index (χ0v) is 17.7. The molecule has 0 aromatic heterocycles. The van der Waals surface area contributed by atoms with Gasteiger partial charge in [0.1, 0.15) is 0 Å². The molecule has 0 saturated heterocycles. The van der Waals surface area contributed by atoms with Crippen LogP contribution in [0, 0.1) is 10.8 Å². The summed E-state index contributed by atoms with van der Waals surface area (Å²) in [6.45, 7) is 25.2. The van der Waals surface area contributed by atoms with Crippen LogP contribution >= 0.6 is 0 Å². The van der Waals surface area contributed by atoms with Gasteiger partial charge in [0.25, 0.3) is 0 Å². The normalized spacial score (nSPS) is 17.2. The van der Waals surface area contributed by atoms with E-state index in [9.17, 15) is 0 Å². The molecule has 0 aliphatic heterocycles. The standard InChI is InChI=1S/2C7H17Si.Mg/c2*1-7(2,3)6-8(4)5;/h2*6,8H,1-5H3;. The highest BCUT2D eigenvalue weighted by atomic mass is 28.3. The van der Waals surface area contributed by atoms with Crippen LogP contribution in [0.5, 0.6) is 0 Å². The van der Waals surface area contributed by atoms with Crippen molar-refractivity contribution >= 4 is 38.0 Å². The van der Waals surface area contributed by atoms with Gasteiger partial charge in [-0.3, -0.25) is 0 Å². The predicted octanol–water partition coefficient (Wildman–Crippen LogP) is 4.41. The van der Waals surface area contributed by atoms with Crippen molar-refractivity contribution in [2.45, 2.75) is 75.1 Å². The average molecular weight is 283 g/mol. The summed E-state index contributed by atoms with van der Waals surface area (Å²) in [4.78, 5) is 0. The van der Waals surface area contributed by atoms with Crippen LogP contribution in [0.15, 0.2) is 0 Å². The van der Waals surface area contributed by atoms with Crippen molar-refractivity contribution in [3.05, 3.63) is 0 Å². The highest BCUT2D eigenvalue weighted by molar-refractivity contribution is 6.79. The molecule has 0 amide bonds. The minimum atomic E-state index is -0.496. The van der Waals surface area contributed by atoms with E-state index in [4.69, 9.17) is 0 Å². The van der Waals surface area contributed by atoms with Crippen molar-refractivity contribution in [3.63, 3.8) is 0 Å². The maximum absolute atomic E-state index is 2.57. The summed E-state index contributed by atoms with van der Waals surface area (Å²) in [5.41, 5.74) is 1.14. The fraction of sp³-hybridized carbons (Fsp3) is 1.00. The van der Waals surface area contributed by atoms with E-state index in [0.717, 1.165) is 7.34 Å². The van der Waals surface area contributed by atoms with E-state index >= 15 is 0 Å². The zero-order valence-electron chi connectivity index (χ0n) is 14.0. The molecule has 0 fully saturated rings. The van der Waals surface area contributed by atoms with Crippen molar-refractivity contribution in [1.82, 2.24) is 0 Å². The molecule has 17 heavy (non-hydrogen) atoms. The summed E-state index contributed by atoms with van der Waals surface area (Å²) in [6, 6.07) is 0. The van der Waals surface area contributed by atoms with Gasteiger partial charge >= 0.3 is 20.4 Å². The Morgan fingerprint density at radius 2 is 0.882 bits per heavy atom. The molecule has 0 heterocycles. The van der Waals surface area contributed by atoms with Crippen molar-refractivity contribution in [3.8, 4) is 0 Å². The summed E-state index contributed by atoms with van der Waals surface area (Å²) in [5, 5.41) is 0. The van der Waals surface area contributed by atoms with Gasteiger partial charge in [-0.25, -0.2) is 0 Å². The fourth-order valence-electron chi connectivity index (χ4n) is 3.53. The SMILES string of the molecule is C[SiH](C)[CH]([Mg][CH]([SiH](C)C)C(C)(C)C)C(C)(C)C. The lowest BCUT2D eigenvalue weighted by atomic mass is 9.99. The van der Waals surface area contributed by atoms with E-state index in [1.54, 1.807) is 0 Å². The second-order valence-corrected chi connectivity index (χ2v) is 19.4. The molecule has 0 rings (SSSR count). The van der Waals surface area contributed by atoms with Gasteiger partial charge in [0.05, 0.1) is 0 Å². The lowest BCUT2D eigenvalue weighted by molar-refractivity contribution is 0.410. The minimum absolute atomic E-state index is 0.0594. The Labute approximate surface area is 123 Å². The second-order valence-electron chi connectivity index (χ2n) is 8.67. The van der Waals surface area contributed by atoms with Crippen molar-refractivity contribution in [2.75, 3.05) is 0 Å². The molecule has 0 spiro atoms. The average Bonchev–Trinajstić information content (AvgIpc) is 1.96. The molecule has 0 aromatic carbocycles. The summed E-state index contributed by atoms with van der Waals surface area (Å²) in [6.07, 6.45) is 0. The summed E-state index contributed by atoms with van der Waals surface area (Å²) >= 11 is 0.0594. The molecule has 0 aliphatic rings. The molecule has 0 aliphatic carbocycles. The first-order chi connectivity index (χ1) is 7.37. The third-order valence-corrected chi connectivity index (χ3v) is 20.3. The van der Waals surface area contributed by atoms with Crippen molar-refractivity contribution in [1.29, 1.82) is 0 Å². The van der Waals surface area contributed by atoms with Gasteiger partial charge in [-0.1, -0.05) is 78.6 Å². The van der Waals surface area contributed by atoms with Crippen molar-refractivity contribution in [2.24, 2.45) is 10.8 Å². The maximum Gasteiger partial charge on any atom is 0.366 e. The third kappa shape index (κ3) is 6.26. The topological polar surface area (TPSA) is 0 Å². The Kier molecular flexibility index (Phi) is 7.04. The molecule has 3 heteroatoms. The molecule has 2 unspecified atom stereocenters. The van der Waals surface area contributed by atoms with Crippen LogP contribution in [0.3, 0.4) is 0 Å². The molecule has 0 N–H and O–H groups in total. The van der Waals surface area contributed by atoms with Gasteiger partial charge in [0, 0.05) is 17.6 Å². The smallest absolute Gasteiger partial charge is 0.136 e. The van der Waals surface area contributed by atoms with E-state index in [1.807, 2.05) is 0 Å². The van der Waals surface area contributed by atoms with E-state index in [0.29, 0.717) is 10.8 Å². The molecule has 0 bridgehead atoms. The van der Waals surface area contributed by atoms with E-state index in [2.05, 4.69) is 67.7 Å². The lowest BCUT2D eigenvalue weighted by Gasteiger charge is -2.41. The quantitative estimate of drug-likeness (QED) is 0.670. The third-order valence-electron chi connectivity index (χ3n) is 4.34. The highest BCUT2D eigenvalue weighted by Gasteiger charge is 2.37. The molecule has 2 atom stereocenters. The number of rotatable bonds is 4. The fourth-order valence-corrected chi connectivity index (χ4v) is 16.5. The van der Waals surface area contributed by atoms with E-state index in [-0.39, 0.29) is 20.4 Å². The van der Waals surface area contributed by atoms with Gasteiger partial charge < -0.3 is 0 Å². The van der Waals surface area contributed by atoms with Crippen LogP contribution in [-0.4, -0.2) is 38.0 Å². The first kappa shape index (κ1) is 18.2. The Bertz CT molecular complexity index is 199. The van der Waals surface area contributed by atoms with Gasteiger partial charge in [-0.2, -0.15) is 0 Å². The van der Waals surface area contributed by atoms with Gasteiger partial charge in [0.15, 0.2) is 0 Å². The van der Waals surface area contributed by atoms with E-state index < -0.39 is 17.6 Å². The number of hydrogen-bond acceptors (Lipinski definition) is 0. The molecule has 0 nitrogen and oxygen atoms in total. The minimum Gasteiger partial charge on any atom is -0.136 e. The Balaban J connectivity index is 4.96. The Morgan fingerprint density at radius 3 is 1.00 bits per heavy atom. The molecule has 0 saturated carbocycles. The molecule has 100 valence electrons. The largest absolute Gasteiger partial charge is 0.366 e. The summed E-state index contributed by atoms with van der Waals surface area (Å²) < 4.78 is 2.25. The second kappa shape index (κ2) is 6.58. The maximum atomic E-state index is 2.57. The molecule has 0 aromatic rings. The zero-order chi connectivity index (χ0) is 14.0. The van der Waals surface area contributed by atoms with Gasteiger partial charge in [-0.15, -0.1) is 7.34 Å². The first-order valence-electron chi connectivity index (χ1n) is 7.37. The van der Waals surface area contributed by atoms with Crippen LogP contribution in [0.25, 0.3) is 0 Å². The first-order valence-corrected chi connectivity index (χ1v) is 15.0.